The normalized spacial score (nSPS) is 14.2. The lowest BCUT2D eigenvalue weighted by atomic mass is 10.0. The number of benzene rings is 1. The van der Waals surface area contributed by atoms with Crippen molar-refractivity contribution in [2.75, 3.05) is 19.6 Å². The lowest BCUT2D eigenvalue weighted by Gasteiger charge is -2.31. The summed E-state index contributed by atoms with van der Waals surface area (Å²) in [4.78, 5) is 14.5. The summed E-state index contributed by atoms with van der Waals surface area (Å²) >= 11 is 0. The van der Waals surface area contributed by atoms with E-state index < -0.39 is 0 Å². The molecule has 0 aliphatic rings. The number of rotatable bonds is 8. The minimum Gasteiger partial charge on any atom is -0.354 e. The summed E-state index contributed by atoms with van der Waals surface area (Å²) in [7, 11) is 0. The summed E-state index contributed by atoms with van der Waals surface area (Å²) in [5.41, 5.74) is 7.03. The number of amides is 1. The lowest BCUT2D eigenvalue weighted by Crippen LogP contribution is -2.43. The molecule has 23 heavy (non-hydrogen) atoms. The molecule has 0 spiro atoms. The maximum Gasteiger partial charge on any atom is 0.224 e. The predicted molar refractivity (Wildman–Crippen MR) is 102 cm³/mol. The summed E-state index contributed by atoms with van der Waals surface area (Å²) in [6.07, 6.45) is 0. The quantitative estimate of drug-likeness (QED) is 0.746. The van der Waals surface area contributed by atoms with E-state index >= 15 is 0 Å². The summed E-state index contributed by atoms with van der Waals surface area (Å²) in [6, 6.07) is 10.4. The molecule has 0 bridgehead atoms. The number of halogens is 2. The van der Waals surface area contributed by atoms with Crippen LogP contribution in [0.4, 0.5) is 0 Å². The van der Waals surface area contributed by atoms with Crippen LogP contribution in [-0.2, 0) is 4.79 Å². The van der Waals surface area contributed by atoms with E-state index in [-0.39, 0.29) is 48.7 Å². The molecule has 6 heteroatoms. The maximum atomic E-state index is 12.1. The van der Waals surface area contributed by atoms with Gasteiger partial charge < -0.3 is 11.1 Å². The Labute approximate surface area is 153 Å². The Morgan fingerprint density at radius 3 is 2.09 bits per heavy atom. The van der Waals surface area contributed by atoms with Gasteiger partial charge in [0.2, 0.25) is 5.91 Å². The van der Waals surface area contributed by atoms with Crippen LogP contribution in [0.15, 0.2) is 30.3 Å². The number of carbonyl (C=O) groups excluding carboxylic acids is 1. The van der Waals surface area contributed by atoms with Gasteiger partial charge in [-0.3, -0.25) is 9.69 Å². The van der Waals surface area contributed by atoms with E-state index in [1.165, 1.54) is 5.56 Å². The van der Waals surface area contributed by atoms with E-state index in [4.69, 9.17) is 5.73 Å². The van der Waals surface area contributed by atoms with Crippen LogP contribution in [0.2, 0.25) is 0 Å². The van der Waals surface area contributed by atoms with E-state index in [0.717, 1.165) is 13.1 Å². The van der Waals surface area contributed by atoms with Crippen LogP contribution < -0.4 is 11.1 Å². The van der Waals surface area contributed by atoms with Crippen LogP contribution in [0, 0.1) is 5.92 Å². The summed E-state index contributed by atoms with van der Waals surface area (Å²) in [6.45, 7) is 10.5. The van der Waals surface area contributed by atoms with Crippen molar-refractivity contribution in [1.82, 2.24) is 10.2 Å². The molecule has 3 N–H and O–H groups in total. The van der Waals surface area contributed by atoms with Gasteiger partial charge >= 0.3 is 0 Å². The summed E-state index contributed by atoms with van der Waals surface area (Å²) < 4.78 is 0. The van der Waals surface area contributed by atoms with Gasteiger partial charge in [-0.2, -0.15) is 0 Å². The van der Waals surface area contributed by atoms with E-state index in [9.17, 15) is 4.79 Å². The van der Waals surface area contributed by atoms with Crippen molar-refractivity contribution in [1.29, 1.82) is 0 Å². The van der Waals surface area contributed by atoms with Gasteiger partial charge in [0.15, 0.2) is 0 Å². The first-order chi connectivity index (χ1) is 10.0. The third-order valence-corrected chi connectivity index (χ3v) is 4.11. The number of nitrogens with one attached hydrogen (secondary N) is 1. The molecule has 0 aliphatic carbocycles. The first kappa shape index (κ1) is 24.4. The molecule has 0 saturated heterocycles. The monoisotopic (exact) mass is 363 g/mol. The maximum absolute atomic E-state index is 12.1. The topological polar surface area (TPSA) is 58.4 Å². The molecule has 3 atom stereocenters. The molecule has 1 amide bonds. The van der Waals surface area contributed by atoms with Crippen molar-refractivity contribution in [3.63, 3.8) is 0 Å². The van der Waals surface area contributed by atoms with Gasteiger partial charge in [-0.1, -0.05) is 51.1 Å². The molecular formula is C17H31Cl2N3O. The standard InChI is InChI=1S/C17H29N3O.2ClH/c1-5-20(6-2)16(15-10-8-7-9-11-15)12-19-17(21)13(3)14(4)18;;/h7-11,13-14,16H,5-6,12,18H2,1-4H3,(H,19,21);2*1H. The highest BCUT2D eigenvalue weighted by atomic mass is 35.5. The van der Waals surface area contributed by atoms with Crippen molar-refractivity contribution < 1.29 is 4.79 Å². The van der Waals surface area contributed by atoms with E-state index in [0.29, 0.717) is 6.54 Å². The van der Waals surface area contributed by atoms with Gasteiger partial charge in [0, 0.05) is 18.5 Å². The van der Waals surface area contributed by atoms with E-state index in [2.05, 4.69) is 36.2 Å². The zero-order valence-electron chi connectivity index (χ0n) is 14.5. The third kappa shape index (κ3) is 7.53. The van der Waals surface area contributed by atoms with Crippen molar-refractivity contribution in [2.45, 2.75) is 39.8 Å². The number of nitrogens with two attached hydrogens (primary N) is 1. The Morgan fingerprint density at radius 2 is 1.65 bits per heavy atom. The second kappa shape index (κ2) is 12.6. The third-order valence-electron chi connectivity index (χ3n) is 4.11. The van der Waals surface area contributed by atoms with Gasteiger partial charge in [0.05, 0.1) is 6.04 Å². The summed E-state index contributed by atoms with van der Waals surface area (Å²) in [5, 5.41) is 3.05. The van der Waals surface area contributed by atoms with Gasteiger partial charge in [0.1, 0.15) is 0 Å². The predicted octanol–water partition coefficient (Wildman–Crippen LogP) is 3.01. The molecule has 0 saturated carbocycles. The molecule has 0 aliphatic heterocycles. The first-order valence-electron chi connectivity index (χ1n) is 7.83. The number of carbonyl (C=O) groups is 1. The number of hydrogen-bond donors (Lipinski definition) is 2. The Hall–Kier alpha value is -0.810. The molecule has 0 fully saturated rings. The van der Waals surface area contributed by atoms with Crippen molar-refractivity contribution in [3.05, 3.63) is 35.9 Å². The fourth-order valence-corrected chi connectivity index (χ4v) is 2.39. The zero-order chi connectivity index (χ0) is 15.8. The zero-order valence-corrected chi connectivity index (χ0v) is 16.1. The minimum atomic E-state index is -0.168. The van der Waals surface area contributed by atoms with E-state index in [1.54, 1.807) is 0 Å². The van der Waals surface area contributed by atoms with Crippen molar-refractivity contribution >= 4 is 30.7 Å². The van der Waals surface area contributed by atoms with Crippen LogP contribution in [-0.4, -0.2) is 36.5 Å². The lowest BCUT2D eigenvalue weighted by molar-refractivity contribution is -0.125. The summed E-state index contributed by atoms with van der Waals surface area (Å²) in [5.74, 6) is -0.142. The van der Waals surface area contributed by atoms with E-state index in [1.807, 2.05) is 32.0 Å². The van der Waals surface area contributed by atoms with Crippen molar-refractivity contribution in [3.8, 4) is 0 Å². The Balaban J connectivity index is 0. The molecule has 0 heterocycles. The smallest absolute Gasteiger partial charge is 0.224 e. The molecule has 1 aromatic rings. The molecule has 1 aromatic carbocycles. The second-order valence-electron chi connectivity index (χ2n) is 5.54. The highest BCUT2D eigenvalue weighted by Crippen LogP contribution is 2.19. The van der Waals surface area contributed by atoms with Crippen molar-refractivity contribution in [2.24, 2.45) is 11.7 Å². The molecule has 3 unspecified atom stereocenters. The van der Waals surface area contributed by atoms with Gasteiger partial charge in [-0.25, -0.2) is 0 Å². The fraction of sp³-hybridized carbons (Fsp3) is 0.588. The first-order valence-corrected chi connectivity index (χ1v) is 7.83. The van der Waals surface area contributed by atoms with Crippen LogP contribution in [0.3, 0.4) is 0 Å². The Bertz CT molecular complexity index is 425. The average molecular weight is 364 g/mol. The number of hydrogen-bond acceptors (Lipinski definition) is 3. The van der Waals surface area contributed by atoms with Gasteiger partial charge in [-0.05, 0) is 25.6 Å². The molecule has 4 nitrogen and oxygen atoms in total. The number of likely N-dealkylation sites (N-methyl/N-ethyl adjacent to an activating group) is 1. The Morgan fingerprint density at radius 1 is 1.13 bits per heavy atom. The highest BCUT2D eigenvalue weighted by molar-refractivity contribution is 5.85. The Kier molecular flexibility index (Phi) is 13.4. The van der Waals surface area contributed by atoms with Gasteiger partial charge in [-0.15, -0.1) is 24.8 Å². The highest BCUT2D eigenvalue weighted by Gasteiger charge is 2.21. The molecule has 134 valence electrons. The number of nitrogens with zero attached hydrogens (tertiary/aromatic N) is 1. The average Bonchev–Trinajstić information content (AvgIpc) is 2.51. The SMILES string of the molecule is CCN(CC)C(CNC(=O)C(C)C(C)N)c1ccccc1.Cl.Cl. The largest absolute Gasteiger partial charge is 0.354 e. The minimum absolute atomic E-state index is 0. The molecule has 1 rings (SSSR count). The fourth-order valence-electron chi connectivity index (χ4n) is 2.39. The van der Waals surface area contributed by atoms with Crippen LogP contribution >= 0.6 is 24.8 Å². The molecular weight excluding hydrogens is 333 g/mol. The van der Waals surface area contributed by atoms with Crippen LogP contribution in [0.1, 0.15) is 39.3 Å². The second-order valence-corrected chi connectivity index (χ2v) is 5.54. The van der Waals surface area contributed by atoms with Crippen LogP contribution in [0.5, 0.6) is 0 Å². The molecule has 0 radical (unpaired) electrons. The van der Waals surface area contributed by atoms with Crippen LogP contribution in [0.25, 0.3) is 0 Å². The molecule has 0 aromatic heterocycles. The van der Waals surface area contributed by atoms with Gasteiger partial charge in [0.25, 0.3) is 0 Å².